The first-order valence-corrected chi connectivity index (χ1v) is 8.68. The fourth-order valence-corrected chi connectivity index (χ4v) is 3.04. The number of nitrogens with one attached hydrogen (secondary N) is 3. The Kier molecular flexibility index (Phi) is 5.53. The van der Waals surface area contributed by atoms with Gasteiger partial charge in [0.05, 0.1) is 0 Å². The van der Waals surface area contributed by atoms with Gasteiger partial charge in [-0.05, 0) is 42.5 Å². The Hall–Kier alpha value is -3.00. The summed E-state index contributed by atoms with van der Waals surface area (Å²) in [5.41, 5.74) is 1.01. The second-order valence-corrected chi connectivity index (χ2v) is 6.38. The number of hydrogen-bond acceptors (Lipinski definition) is 5. The number of anilines is 2. The molecule has 0 radical (unpaired) electrons. The number of aryl methyl sites for hydroxylation is 1. The van der Waals surface area contributed by atoms with Gasteiger partial charge in [-0.15, -0.1) is 11.3 Å². The zero-order valence-corrected chi connectivity index (χ0v) is 14.2. The van der Waals surface area contributed by atoms with Crippen molar-refractivity contribution in [2.45, 2.75) is 19.3 Å². The van der Waals surface area contributed by atoms with E-state index in [4.69, 9.17) is 0 Å². The van der Waals surface area contributed by atoms with Crippen LogP contribution in [0.4, 0.5) is 11.6 Å². The average molecular weight is 355 g/mol. The van der Waals surface area contributed by atoms with Gasteiger partial charge in [-0.2, -0.15) is 10.1 Å². The number of H-pyrrole nitrogens is 1. The van der Waals surface area contributed by atoms with Gasteiger partial charge in [0.25, 0.3) is 5.91 Å². The Bertz CT molecular complexity index is 831. The van der Waals surface area contributed by atoms with E-state index >= 15 is 0 Å². The van der Waals surface area contributed by atoms with Crippen LogP contribution in [0, 0.1) is 0 Å². The second kappa shape index (κ2) is 8.20. The molecule has 7 nitrogen and oxygen atoms in total. The third-order valence-corrected chi connectivity index (χ3v) is 4.40. The fourth-order valence-electron chi connectivity index (χ4n) is 2.29. The number of nitrogens with zero attached hydrogens (tertiary/aromatic N) is 2. The predicted octanol–water partition coefficient (Wildman–Crippen LogP) is 3.08. The van der Waals surface area contributed by atoms with Crippen LogP contribution < -0.4 is 10.6 Å². The van der Waals surface area contributed by atoms with Crippen LogP contribution >= 0.6 is 11.3 Å². The molecule has 1 aromatic carbocycles. The maximum atomic E-state index is 12.1. The molecule has 0 aliphatic heterocycles. The Morgan fingerprint density at radius 1 is 1.16 bits per heavy atom. The van der Waals surface area contributed by atoms with Crippen LogP contribution in [0.3, 0.4) is 0 Å². The summed E-state index contributed by atoms with van der Waals surface area (Å²) in [7, 11) is 0. The highest BCUT2D eigenvalue weighted by molar-refractivity contribution is 7.09. The van der Waals surface area contributed by atoms with Crippen molar-refractivity contribution < 1.29 is 9.59 Å². The number of aromatic nitrogens is 3. The summed E-state index contributed by atoms with van der Waals surface area (Å²) in [4.78, 5) is 29.3. The normalized spacial score (nSPS) is 10.4. The molecule has 25 heavy (non-hydrogen) atoms. The summed E-state index contributed by atoms with van der Waals surface area (Å²) in [5.74, 6) is -0.122. The van der Waals surface area contributed by atoms with E-state index < -0.39 is 0 Å². The SMILES string of the molecule is O=C(CCCc1cccs1)Nc1cccc(C(=O)Nc2ncn[nH]2)c1. The molecule has 0 aliphatic carbocycles. The number of hydrogen-bond donors (Lipinski definition) is 3. The second-order valence-electron chi connectivity index (χ2n) is 5.35. The van der Waals surface area contributed by atoms with Gasteiger partial charge in [-0.3, -0.25) is 14.9 Å². The number of thiophene rings is 1. The first kappa shape index (κ1) is 16.8. The zero-order valence-electron chi connectivity index (χ0n) is 13.4. The lowest BCUT2D eigenvalue weighted by molar-refractivity contribution is -0.116. The molecule has 0 saturated carbocycles. The lowest BCUT2D eigenvalue weighted by Gasteiger charge is -2.07. The van der Waals surface area contributed by atoms with E-state index in [1.165, 1.54) is 11.2 Å². The molecule has 2 amide bonds. The summed E-state index contributed by atoms with van der Waals surface area (Å²) < 4.78 is 0. The molecule has 2 heterocycles. The van der Waals surface area contributed by atoms with Gasteiger partial charge in [0, 0.05) is 22.5 Å². The van der Waals surface area contributed by atoms with Crippen molar-refractivity contribution >= 4 is 34.8 Å². The smallest absolute Gasteiger partial charge is 0.258 e. The Morgan fingerprint density at radius 2 is 2.08 bits per heavy atom. The molecule has 0 spiro atoms. The highest BCUT2D eigenvalue weighted by Gasteiger charge is 2.09. The molecule has 0 saturated heterocycles. The number of amides is 2. The van der Waals surface area contributed by atoms with Crippen molar-refractivity contribution in [1.29, 1.82) is 0 Å². The third kappa shape index (κ3) is 4.98. The number of benzene rings is 1. The van der Waals surface area contributed by atoms with Gasteiger partial charge in [-0.25, -0.2) is 5.10 Å². The minimum absolute atomic E-state index is 0.0654. The van der Waals surface area contributed by atoms with E-state index in [0.29, 0.717) is 17.7 Å². The molecular formula is C17H17N5O2S. The van der Waals surface area contributed by atoms with Gasteiger partial charge in [0.15, 0.2) is 0 Å². The molecular weight excluding hydrogens is 338 g/mol. The lowest BCUT2D eigenvalue weighted by Crippen LogP contribution is -2.15. The number of rotatable bonds is 7. The van der Waals surface area contributed by atoms with Crippen molar-refractivity contribution in [3.05, 3.63) is 58.5 Å². The quantitative estimate of drug-likeness (QED) is 0.606. The van der Waals surface area contributed by atoms with E-state index in [1.807, 2.05) is 11.4 Å². The zero-order chi connectivity index (χ0) is 17.5. The highest BCUT2D eigenvalue weighted by Crippen LogP contribution is 2.14. The maximum absolute atomic E-state index is 12.1. The molecule has 3 rings (SSSR count). The van der Waals surface area contributed by atoms with Crippen molar-refractivity contribution in [2.75, 3.05) is 10.6 Å². The monoisotopic (exact) mass is 355 g/mol. The van der Waals surface area contributed by atoms with Crippen LogP contribution in [0.5, 0.6) is 0 Å². The molecule has 8 heteroatoms. The van der Waals surface area contributed by atoms with Gasteiger partial charge in [0.1, 0.15) is 6.33 Å². The molecule has 3 aromatic rings. The van der Waals surface area contributed by atoms with E-state index in [2.05, 4.69) is 31.9 Å². The topological polar surface area (TPSA) is 99.8 Å². The molecule has 0 unspecified atom stereocenters. The molecule has 0 bridgehead atoms. The summed E-state index contributed by atoms with van der Waals surface area (Å²) in [5, 5.41) is 13.7. The fraction of sp³-hybridized carbons (Fsp3) is 0.176. The van der Waals surface area contributed by atoms with Gasteiger partial charge >= 0.3 is 0 Å². The first-order chi connectivity index (χ1) is 12.2. The first-order valence-electron chi connectivity index (χ1n) is 7.80. The average Bonchev–Trinajstić information content (AvgIpc) is 3.29. The number of carbonyl (C=O) groups excluding carboxylic acids is 2. The largest absolute Gasteiger partial charge is 0.326 e. The minimum atomic E-state index is -0.328. The van der Waals surface area contributed by atoms with Gasteiger partial charge < -0.3 is 5.32 Å². The standard InChI is InChI=1S/C17H17N5O2S/c23-15(8-2-6-14-7-3-9-25-14)20-13-5-1-4-12(10-13)16(24)21-17-18-11-19-22-17/h1,3-5,7,9-11H,2,6,8H2,(H,20,23)(H2,18,19,21,22,24). The summed E-state index contributed by atoms with van der Waals surface area (Å²) in [6.07, 6.45) is 3.43. The van der Waals surface area contributed by atoms with Crippen LogP contribution in [-0.2, 0) is 11.2 Å². The van der Waals surface area contributed by atoms with Crippen molar-refractivity contribution in [3.63, 3.8) is 0 Å². The van der Waals surface area contributed by atoms with Crippen LogP contribution in [0.15, 0.2) is 48.1 Å². The van der Waals surface area contributed by atoms with Crippen LogP contribution in [-0.4, -0.2) is 27.0 Å². The van der Waals surface area contributed by atoms with Crippen molar-refractivity contribution in [3.8, 4) is 0 Å². The minimum Gasteiger partial charge on any atom is -0.326 e. The van der Waals surface area contributed by atoms with Gasteiger partial charge in [0.2, 0.25) is 11.9 Å². The van der Waals surface area contributed by atoms with Crippen molar-refractivity contribution in [2.24, 2.45) is 0 Å². The van der Waals surface area contributed by atoms with E-state index in [1.54, 1.807) is 35.6 Å². The third-order valence-electron chi connectivity index (χ3n) is 3.46. The Labute approximate surface area is 148 Å². The number of carbonyl (C=O) groups is 2. The van der Waals surface area contributed by atoms with Crippen LogP contribution in [0.1, 0.15) is 28.1 Å². The molecule has 0 fully saturated rings. The van der Waals surface area contributed by atoms with E-state index in [-0.39, 0.29) is 17.8 Å². The van der Waals surface area contributed by atoms with Gasteiger partial charge in [-0.1, -0.05) is 12.1 Å². The predicted molar refractivity (Wildman–Crippen MR) is 96.7 cm³/mol. The van der Waals surface area contributed by atoms with Crippen molar-refractivity contribution in [1.82, 2.24) is 15.2 Å². The molecule has 2 aromatic heterocycles. The lowest BCUT2D eigenvalue weighted by atomic mass is 10.1. The highest BCUT2D eigenvalue weighted by atomic mass is 32.1. The number of aromatic amines is 1. The van der Waals surface area contributed by atoms with E-state index in [0.717, 1.165) is 12.8 Å². The molecule has 3 N–H and O–H groups in total. The Balaban J connectivity index is 1.52. The van der Waals surface area contributed by atoms with Crippen LogP contribution in [0.25, 0.3) is 0 Å². The maximum Gasteiger partial charge on any atom is 0.258 e. The molecule has 128 valence electrons. The summed E-state index contributed by atoms with van der Waals surface area (Å²) in [6.45, 7) is 0. The summed E-state index contributed by atoms with van der Waals surface area (Å²) in [6, 6.07) is 10.8. The Morgan fingerprint density at radius 3 is 2.84 bits per heavy atom. The van der Waals surface area contributed by atoms with Crippen LogP contribution in [0.2, 0.25) is 0 Å². The summed E-state index contributed by atoms with van der Waals surface area (Å²) >= 11 is 1.70. The van der Waals surface area contributed by atoms with E-state index in [9.17, 15) is 9.59 Å². The molecule has 0 aliphatic rings. The molecule has 0 atom stereocenters.